The quantitative estimate of drug-likeness (QED) is 0.232. The number of carbonyl (C=O) groups is 3. The van der Waals surface area contributed by atoms with Gasteiger partial charge in [0.05, 0.1) is 23.9 Å². The summed E-state index contributed by atoms with van der Waals surface area (Å²) < 4.78 is 5.77. The number of aromatic nitrogens is 1. The Morgan fingerprint density at radius 3 is 2.38 bits per heavy atom. The maximum atomic E-state index is 12.4. The molecule has 0 bridgehead atoms. The number of primary amides is 1. The van der Waals surface area contributed by atoms with Crippen LogP contribution in [0.1, 0.15) is 22.3 Å². The molecule has 1 atom stereocenters. The van der Waals surface area contributed by atoms with Crippen molar-refractivity contribution in [1.29, 1.82) is 0 Å². The van der Waals surface area contributed by atoms with Crippen LogP contribution in [0.4, 0.5) is 16.3 Å². The number of nitrogens with one attached hydrogen (secondary N) is 3. The standard InChI is InChI=1S/C25H26Cl2N6O4/c26-17-5-2-15(3-6-17)12-19(28)24(35)30-10-1-11-37-21-8-7-18(27)13-20(21)32-25(36)33-22-9-4-16(14-31-22)23(29)34/h2-9,13-14,19H,1,10-12,28H2,(H2,29,34)(H,30,35)(H2,31,32,33,36)/t19-/m0/s1. The van der Waals surface area contributed by atoms with Crippen LogP contribution >= 0.6 is 23.2 Å². The first-order valence-corrected chi connectivity index (χ1v) is 12.0. The average Bonchev–Trinajstić information content (AvgIpc) is 2.86. The molecule has 0 aliphatic heterocycles. The number of nitrogens with zero attached hydrogens (tertiary/aromatic N) is 1. The van der Waals surface area contributed by atoms with Gasteiger partial charge >= 0.3 is 6.03 Å². The van der Waals surface area contributed by atoms with Crippen LogP contribution in [0.5, 0.6) is 5.75 Å². The number of hydrogen-bond donors (Lipinski definition) is 5. The summed E-state index contributed by atoms with van der Waals surface area (Å²) in [6, 6.07) is 13.6. The molecule has 0 unspecified atom stereocenters. The lowest BCUT2D eigenvalue weighted by Crippen LogP contribution is -2.42. The highest BCUT2D eigenvalue weighted by molar-refractivity contribution is 6.31. The zero-order valence-corrected chi connectivity index (χ0v) is 21.2. The van der Waals surface area contributed by atoms with Crippen molar-refractivity contribution in [3.05, 3.63) is 82.0 Å². The molecule has 194 valence electrons. The van der Waals surface area contributed by atoms with Gasteiger partial charge in [0.2, 0.25) is 11.8 Å². The van der Waals surface area contributed by atoms with Crippen molar-refractivity contribution in [2.45, 2.75) is 18.9 Å². The number of nitrogens with two attached hydrogens (primary N) is 2. The lowest BCUT2D eigenvalue weighted by Gasteiger charge is -2.15. The third-order valence-corrected chi connectivity index (χ3v) is 5.55. The Balaban J connectivity index is 1.45. The zero-order chi connectivity index (χ0) is 26.8. The normalized spacial score (nSPS) is 11.3. The van der Waals surface area contributed by atoms with Gasteiger partial charge in [-0.25, -0.2) is 9.78 Å². The summed E-state index contributed by atoms with van der Waals surface area (Å²) in [4.78, 5) is 39.8. The van der Waals surface area contributed by atoms with Crippen molar-refractivity contribution >= 4 is 52.6 Å². The van der Waals surface area contributed by atoms with E-state index >= 15 is 0 Å². The van der Waals surface area contributed by atoms with Gasteiger partial charge in [-0.2, -0.15) is 0 Å². The van der Waals surface area contributed by atoms with Gasteiger partial charge in [-0.3, -0.25) is 14.9 Å². The van der Waals surface area contributed by atoms with Crippen LogP contribution in [0.15, 0.2) is 60.8 Å². The molecule has 0 spiro atoms. The highest BCUT2D eigenvalue weighted by Gasteiger charge is 2.14. The average molecular weight is 545 g/mol. The Bertz CT molecular complexity index is 1240. The van der Waals surface area contributed by atoms with Crippen LogP contribution in [-0.4, -0.2) is 42.0 Å². The molecule has 0 radical (unpaired) electrons. The predicted molar refractivity (Wildman–Crippen MR) is 143 cm³/mol. The van der Waals surface area contributed by atoms with Crippen molar-refractivity contribution in [2.24, 2.45) is 11.5 Å². The van der Waals surface area contributed by atoms with Gasteiger partial charge in [-0.1, -0.05) is 35.3 Å². The van der Waals surface area contributed by atoms with Crippen molar-refractivity contribution < 1.29 is 19.1 Å². The Kier molecular flexibility index (Phi) is 10.1. The maximum absolute atomic E-state index is 12.4. The summed E-state index contributed by atoms with van der Waals surface area (Å²) in [5.41, 5.74) is 12.6. The van der Waals surface area contributed by atoms with E-state index in [0.717, 1.165) is 5.56 Å². The summed E-state index contributed by atoms with van der Waals surface area (Å²) in [7, 11) is 0. The van der Waals surface area contributed by atoms with Crippen LogP contribution in [0.3, 0.4) is 0 Å². The van der Waals surface area contributed by atoms with E-state index in [2.05, 4.69) is 20.9 Å². The number of ether oxygens (including phenoxy) is 1. The number of benzene rings is 2. The molecule has 3 rings (SSSR count). The van der Waals surface area contributed by atoms with Gasteiger partial charge in [0, 0.05) is 22.8 Å². The molecule has 0 aliphatic rings. The minimum Gasteiger partial charge on any atom is -0.491 e. The number of urea groups is 1. The monoisotopic (exact) mass is 544 g/mol. The topological polar surface area (TPSA) is 161 Å². The summed E-state index contributed by atoms with van der Waals surface area (Å²) in [5, 5.41) is 9.00. The fraction of sp³-hybridized carbons (Fsp3) is 0.200. The number of hydrogen-bond acceptors (Lipinski definition) is 6. The second kappa shape index (κ2) is 13.4. The summed E-state index contributed by atoms with van der Waals surface area (Å²) in [5.74, 6) is -0.276. The van der Waals surface area contributed by atoms with E-state index in [4.69, 9.17) is 39.4 Å². The molecule has 4 amide bonds. The Morgan fingerprint density at radius 2 is 1.70 bits per heavy atom. The predicted octanol–water partition coefficient (Wildman–Crippen LogP) is 3.59. The number of rotatable bonds is 11. The van der Waals surface area contributed by atoms with E-state index in [1.54, 1.807) is 24.3 Å². The lowest BCUT2D eigenvalue weighted by molar-refractivity contribution is -0.122. The molecule has 12 heteroatoms. The number of pyridine rings is 1. The Hall–Kier alpha value is -3.86. The largest absolute Gasteiger partial charge is 0.491 e. The van der Waals surface area contributed by atoms with E-state index in [0.29, 0.717) is 40.9 Å². The molecule has 0 saturated carbocycles. The van der Waals surface area contributed by atoms with Gasteiger partial charge in [0.1, 0.15) is 11.6 Å². The first-order valence-electron chi connectivity index (χ1n) is 11.2. The molecule has 0 fully saturated rings. The minimum atomic E-state index is -0.686. The Labute approximate surface area is 223 Å². The number of anilines is 2. The first-order chi connectivity index (χ1) is 17.7. The van der Waals surface area contributed by atoms with Crippen LogP contribution < -0.4 is 32.2 Å². The molecule has 1 aromatic heterocycles. The molecule has 3 aromatic rings. The summed E-state index contributed by atoms with van der Waals surface area (Å²) in [6.45, 7) is 0.623. The highest BCUT2D eigenvalue weighted by atomic mass is 35.5. The fourth-order valence-corrected chi connectivity index (χ4v) is 3.47. The first kappa shape index (κ1) is 27.7. The SMILES string of the molecule is NC(=O)c1ccc(NC(=O)Nc2cc(Cl)ccc2OCCCNC(=O)[C@@H](N)Cc2ccc(Cl)cc2)nc1. The van der Waals surface area contributed by atoms with E-state index in [1.165, 1.54) is 24.4 Å². The molecule has 0 aliphatic carbocycles. The van der Waals surface area contributed by atoms with E-state index in [9.17, 15) is 14.4 Å². The number of carbonyl (C=O) groups excluding carboxylic acids is 3. The van der Waals surface area contributed by atoms with Crippen LogP contribution in [0, 0.1) is 0 Å². The van der Waals surface area contributed by atoms with Crippen molar-refractivity contribution in [3.8, 4) is 5.75 Å². The van der Waals surface area contributed by atoms with Crippen molar-refractivity contribution in [3.63, 3.8) is 0 Å². The van der Waals surface area contributed by atoms with Crippen molar-refractivity contribution in [1.82, 2.24) is 10.3 Å². The zero-order valence-electron chi connectivity index (χ0n) is 19.7. The minimum absolute atomic E-state index is 0.219. The molecule has 1 heterocycles. The summed E-state index contributed by atoms with van der Waals surface area (Å²) in [6.07, 6.45) is 2.16. The van der Waals surface area contributed by atoms with Crippen LogP contribution in [-0.2, 0) is 11.2 Å². The van der Waals surface area contributed by atoms with E-state index in [-0.39, 0.29) is 23.9 Å². The third kappa shape index (κ3) is 8.94. The second-order valence-electron chi connectivity index (χ2n) is 7.95. The maximum Gasteiger partial charge on any atom is 0.324 e. The van der Waals surface area contributed by atoms with Crippen LogP contribution in [0.25, 0.3) is 0 Å². The van der Waals surface area contributed by atoms with Gasteiger partial charge < -0.3 is 26.8 Å². The van der Waals surface area contributed by atoms with Crippen molar-refractivity contribution in [2.75, 3.05) is 23.8 Å². The van der Waals surface area contributed by atoms with E-state index in [1.807, 2.05) is 12.1 Å². The number of halogens is 2. The van der Waals surface area contributed by atoms with Gasteiger partial charge in [-0.15, -0.1) is 0 Å². The third-order valence-electron chi connectivity index (χ3n) is 5.06. The molecule has 10 nitrogen and oxygen atoms in total. The van der Waals surface area contributed by atoms with Gasteiger partial charge in [-0.05, 0) is 60.9 Å². The molecule has 2 aromatic carbocycles. The molecule has 37 heavy (non-hydrogen) atoms. The lowest BCUT2D eigenvalue weighted by atomic mass is 10.1. The fourth-order valence-electron chi connectivity index (χ4n) is 3.17. The second-order valence-corrected chi connectivity index (χ2v) is 8.82. The van der Waals surface area contributed by atoms with Crippen LogP contribution in [0.2, 0.25) is 10.0 Å². The highest BCUT2D eigenvalue weighted by Crippen LogP contribution is 2.28. The van der Waals surface area contributed by atoms with Gasteiger partial charge in [0.25, 0.3) is 0 Å². The van der Waals surface area contributed by atoms with Gasteiger partial charge in [0.15, 0.2) is 0 Å². The smallest absolute Gasteiger partial charge is 0.324 e. The number of amides is 4. The van der Waals surface area contributed by atoms with E-state index < -0.39 is 18.0 Å². The summed E-state index contributed by atoms with van der Waals surface area (Å²) >= 11 is 11.9. The molecular formula is C25H26Cl2N6O4. The molecular weight excluding hydrogens is 519 g/mol. The Morgan fingerprint density at radius 1 is 0.973 bits per heavy atom. The molecule has 0 saturated heterocycles. The molecule has 7 N–H and O–H groups in total.